The Morgan fingerprint density at radius 3 is 2.80 bits per heavy atom. The van der Waals surface area contributed by atoms with Crippen LogP contribution in [0.5, 0.6) is 5.75 Å². The van der Waals surface area contributed by atoms with Crippen LogP contribution in [0.1, 0.15) is 56.3 Å². The Balaban J connectivity index is 1.69. The van der Waals surface area contributed by atoms with Crippen molar-refractivity contribution in [2.75, 3.05) is 6.98 Å². The van der Waals surface area contributed by atoms with Crippen LogP contribution in [0.15, 0.2) is 36.4 Å². The highest BCUT2D eigenvalue weighted by Gasteiger charge is 2.45. The van der Waals surface area contributed by atoms with Gasteiger partial charge in [0.25, 0.3) is 5.91 Å². The number of halogens is 5. The van der Waals surface area contributed by atoms with Gasteiger partial charge in [-0.1, -0.05) is 17.9 Å². The van der Waals surface area contributed by atoms with E-state index in [1.165, 1.54) is 36.4 Å². The number of ether oxygens (including phenoxy) is 1. The molecule has 11 heteroatoms. The molecule has 182 valence electrons. The SMILES string of the molecule is [2H]C([2H])([2H])N1C(=O)c2cccc(OC(F)F)c2[C@H]2C[C@@H]1c1nc3ccc(C#CC(O)CC(F)(F)F)cc3n12. The molecule has 2 bridgehead atoms. The first-order chi connectivity index (χ1) is 17.7. The number of carbonyl (C=O) groups excluding carboxylic acids is 1. The minimum absolute atomic E-state index is 0.0131. The van der Waals surface area contributed by atoms with Gasteiger partial charge in [-0.15, -0.1) is 0 Å². The molecule has 3 aromatic rings. The predicted molar refractivity (Wildman–Crippen MR) is 114 cm³/mol. The Kier molecular flexibility index (Phi) is 4.62. The molecule has 2 aliphatic heterocycles. The molecule has 3 heterocycles. The molecule has 3 atom stereocenters. The van der Waals surface area contributed by atoms with Gasteiger partial charge in [-0.2, -0.15) is 22.0 Å². The van der Waals surface area contributed by atoms with E-state index >= 15 is 0 Å². The van der Waals surface area contributed by atoms with E-state index in [9.17, 15) is 31.9 Å². The van der Waals surface area contributed by atoms with Crippen LogP contribution < -0.4 is 4.74 Å². The summed E-state index contributed by atoms with van der Waals surface area (Å²) in [6, 6.07) is 6.54. The number of rotatable bonds is 3. The number of imidazole rings is 1. The second kappa shape index (κ2) is 8.23. The quantitative estimate of drug-likeness (QED) is 0.433. The van der Waals surface area contributed by atoms with Crippen molar-refractivity contribution in [2.45, 2.75) is 43.8 Å². The molecule has 5 rings (SSSR count). The van der Waals surface area contributed by atoms with Crippen molar-refractivity contribution >= 4 is 16.9 Å². The van der Waals surface area contributed by atoms with Gasteiger partial charge in [0.2, 0.25) is 0 Å². The number of amides is 1. The van der Waals surface area contributed by atoms with Crippen LogP contribution in [-0.2, 0) is 0 Å². The number of aliphatic hydroxyl groups is 1. The molecular weight excluding hydrogens is 473 g/mol. The zero-order valence-electron chi connectivity index (χ0n) is 20.7. The smallest absolute Gasteiger partial charge is 0.392 e. The standard InChI is InChI=1S/C24H18F5N3O3/c1-31-18-10-17(20-14(22(31)34)3-2-4-19(20)35-23(25)26)32-16-9-12(6-8-15(16)30-21(18)32)5-7-13(33)11-24(27,28)29/h2-4,6,8-9,13,17-18,23,33H,10-11H2,1H3/t13?,17-,18-/m1/s1/i1D3. The van der Waals surface area contributed by atoms with Crippen LogP contribution in [0.4, 0.5) is 22.0 Å². The van der Waals surface area contributed by atoms with E-state index in [1.54, 1.807) is 4.57 Å². The second-order valence-electron chi connectivity index (χ2n) is 8.19. The Bertz CT molecular complexity index is 1490. The summed E-state index contributed by atoms with van der Waals surface area (Å²) >= 11 is 0. The molecule has 2 aliphatic rings. The van der Waals surface area contributed by atoms with Crippen molar-refractivity contribution < 1.29 is 40.7 Å². The van der Waals surface area contributed by atoms with E-state index in [0.717, 1.165) is 0 Å². The van der Waals surface area contributed by atoms with Crippen LogP contribution in [0, 0.1) is 11.8 Å². The molecule has 0 radical (unpaired) electrons. The van der Waals surface area contributed by atoms with Gasteiger partial charge in [0.05, 0.1) is 29.5 Å². The molecule has 1 N–H and O–H groups in total. The lowest BCUT2D eigenvalue weighted by Crippen LogP contribution is -2.30. The lowest BCUT2D eigenvalue weighted by molar-refractivity contribution is -0.147. The third kappa shape index (κ3) is 4.08. The highest BCUT2D eigenvalue weighted by Crippen LogP contribution is 2.49. The van der Waals surface area contributed by atoms with E-state index in [0.29, 0.717) is 15.9 Å². The number of aromatic nitrogens is 2. The summed E-state index contributed by atoms with van der Waals surface area (Å²) in [4.78, 5) is 18.6. The molecule has 0 aliphatic carbocycles. The van der Waals surface area contributed by atoms with Crippen molar-refractivity contribution in [1.82, 2.24) is 14.5 Å². The fraction of sp³-hybridized carbons (Fsp3) is 0.333. The molecule has 0 saturated heterocycles. The lowest BCUT2D eigenvalue weighted by Gasteiger charge is -2.24. The topological polar surface area (TPSA) is 67.6 Å². The van der Waals surface area contributed by atoms with Crippen molar-refractivity contribution in [2.24, 2.45) is 0 Å². The molecule has 6 nitrogen and oxygen atoms in total. The van der Waals surface area contributed by atoms with Crippen molar-refractivity contribution in [1.29, 1.82) is 0 Å². The summed E-state index contributed by atoms with van der Waals surface area (Å²) in [6.07, 6.45) is -8.03. The first-order valence-corrected chi connectivity index (χ1v) is 10.4. The Labute approximate surface area is 200 Å². The predicted octanol–water partition coefficient (Wildman–Crippen LogP) is 4.42. The molecular formula is C24H18F5N3O3. The largest absolute Gasteiger partial charge is 0.434 e. The number of hydrogen-bond acceptors (Lipinski definition) is 4. The highest BCUT2D eigenvalue weighted by atomic mass is 19.4. The summed E-state index contributed by atoms with van der Waals surface area (Å²) in [6.45, 7) is -6.09. The molecule has 1 aromatic heterocycles. The molecule has 0 saturated carbocycles. The maximum Gasteiger partial charge on any atom is 0.392 e. The second-order valence-corrected chi connectivity index (χ2v) is 8.19. The Hall–Kier alpha value is -3.65. The number of nitrogens with zero attached hydrogens (tertiary/aromatic N) is 3. The molecule has 1 amide bonds. The monoisotopic (exact) mass is 494 g/mol. The van der Waals surface area contributed by atoms with Crippen LogP contribution in [0.3, 0.4) is 0 Å². The normalized spacial score (nSPS) is 21.4. The molecule has 2 aromatic carbocycles. The third-order valence-electron chi connectivity index (χ3n) is 5.96. The third-order valence-corrected chi connectivity index (χ3v) is 5.96. The first-order valence-electron chi connectivity index (χ1n) is 11.9. The summed E-state index contributed by atoms with van der Waals surface area (Å²) < 4.78 is 94.4. The van der Waals surface area contributed by atoms with Crippen molar-refractivity contribution in [3.05, 3.63) is 58.9 Å². The number of alkyl halides is 5. The Morgan fingerprint density at radius 1 is 1.29 bits per heavy atom. The minimum Gasteiger partial charge on any atom is -0.434 e. The highest BCUT2D eigenvalue weighted by molar-refractivity contribution is 5.97. The average molecular weight is 494 g/mol. The van der Waals surface area contributed by atoms with Gasteiger partial charge in [0, 0.05) is 34.2 Å². The minimum atomic E-state index is -4.60. The zero-order valence-corrected chi connectivity index (χ0v) is 17.7. The summed E-state index contributed by atoms with van der Waals surface area (Å²) in [5.41, 5.74) is 0.962. The molecule has 35 heavy (non-hydrogen) atoms. The van der Waals surface area contributed by atoms with Crippen LogP contribution in [0.2, 0.25) is 0 Å². The van der Waals surface area contributed by atoms with Gasteiger partial charge in [0.15, 0.2) is 0 Å². The van der Waals surface area contributed by atoms with E-state index < -0.39 is 50.3 Å². The van der Waals surface area contributed by atoms with Gasteiger partial charge >= 0.3 is 12.8 Å². The van der Waals surface area contributed by atoms with Crippen LogP contribution >= 0.6 is 0 Å². The van der Waals surface area contributed by atoms with Crippen LogP contribution in [-0.4, -0.2) is 51.3 Å². The maximum absolute atomic E-state index is 13.4. The van der Waals surface area contributed by atoms with E-state index in [-0.39, 0.29) is 34.7 Å². The fourth-order valence-corrected chi connectivity index (χ4v) is 4.62. The number of hydrogen-bond donors (Lipinski definition) is 1. The van der Waals surface area contributed by atoms with Gasteiger partial charge in [-0.3, -0.25) is 4.79 Å². The van der Waals surface area contributed by atoms with Gasteiger partial charge in [-0.05, 0) is 30.3 Å². The number of benzene rings is 2. The number of aliphatic hydroxyl groups excluding tert-OH is 1. The number of carbonyl (C=O) groups is 1. The lowest BCUT2D eigenvalue weighted by atomic mass is 9.97. The van der Waals surface area contributed by atoms with E-state index in [4.69, 9.17) is 8.85 Å². The summed E-state index contributed by atoms with van der Waals surface area (Å²) in [5, 5.41) is 9.59. The maximum atomic E-state index is 13.4. The molecule has 1 unspecified atom stereocenters. The number of fused-ring (bicyclic) bond motifs is 9. The summed E-state index contributed by atoms with van der Waals surface area (Å²) in [7, 11) is 0. The summed E-state index contributed by atoms with van der Waals surface area (Å²) in [5.74, 6) is 3.67. The van der Waals surface area contributed by atoms with Gasteiger partial charge in [0.1, 0.15) is 17.7 Å². The first kappa shape index (κ1) is 19.6. The Morgan fingerprint density at radius 2 is 2.09 bits per heavy atom. The van der Waals surface area contributed by atoms with Crippen LogP contribution in [0.25, 0.3) is 11.0 Å². The van der Waals surface area contributed by atoms with Gasteiger partial charge < -0.3 is 19.3 Å². The average Bonchev–Trinajstić information content (AvgIpc) is 3.28. The zero-order chi connectivity index (χ0) is 27.6. The van der Waals surface area contributed by atoms with Gasteiger partial charge in [-0.25, -0.2) is 4.98 Å². The fourth-order valence-electron chi connectivity index (χ4n) is 4.62. The van der Waals surface area contributed by atoms with Crippen molar-refractivity contribution in [3.8, 4) is 17.6 Å². The molecule has 0 fully saturated rings. The van der Waals surface area contributed by atoms with E-state index in [2.05, 4.69) is 16.8 Å². The van der Waals surface area contributed by atoms with E-state index in [1.807, 2.05) is 0 Å². The van der Waals surface area contributed by atoms with Crippen molar-refractivity contribution in [3.63, 3.8) is 0 Å². The molecule has 0 spiro atoms.